The van der Waals surface area contributed by atoms with Crippen molar-refractivity contribution >= 4 is 11.8 Å². The van der Waals surface area contributed by atoms with Crippen molar-refractivity contribution in [1.29, 1.82) is 0 Å². The summed E-state index contributed by atoms with van der Waals surface area (Å²) in [6.07, 6.45) is 0.513. The van der Waals surface area contributed by atoms with Crippen LogP contribution in [0, 0.1) is 0 Å². The SMILES string of the molecule is NCCc1ccccc1N1CCOC1=O. The van der Waals surface area contributed by atoms with Crippen LogP contribution in [0.3, 0.4) is 0 Å². The van der Waals surface area contributed by atoms with Gasteiger partial charge in [-0.25, -0.2) is 4.79 Å². The average molecular weight is 206 g/mol. The molecular formula is C11H14N2O2. The van der Waals surface area contributed by atoms with Gasteiger partial charge in [-0.3, -0.25) is 4.90 Å². The number of amides is 1. The number of benzene rings is 1. The molecule has 15 heavy (non-hydrogen) atoms. The van der Waals surface area contributed by atoms with Gasteiger partial charge in [-0.15, -0.1) is 0 Å². The van der Waals surface area contributed by atoms with Gasteiger partial charge in [0, 0.05) is 0 Å². The summed E-state index contributed by atoms with van der Waals surface area (Å²) in [4.78, 5) is 13.1. The largest absolute Gasteiger partial charge is 0.447 e. The summed E-state index contributed by atoms with van der Waals surface area (Å²) in [6.45, 7) is 1.68. The molecule has 0 spiro atoms. The van der Waals surface area contributed by atoms with Gasteiger partial charge < -0.3 is 10.5 Å². The monoisotopic (exact) mass is 206 g/mol. The highest BCUT2D eigenvalue weighted by Crippen LogP contribution is 2.23. The zero-order valence-electron chi connectivity index (χ0n) is 8.48. The molecule has 0 bridgehead atoms. The summed E-state index contributed by atoms with van der Waals surface area (Å²) < 4.78 is 4.91. The van der Waals surface area contributed by atoms with Gasteiger partial charge in [0.1, 0.15) is 6.61 Å². The van der Waals surface area contributed by atoms with Crippen LogP contribution in [0.15, 0.2) is 24.3 Å². The van der Waals surface area contributed by atoms with E-state index in [4.69, 9.17) is 10.5 Å². The first-order valence-electron chi connectivity index (χ1n) is 5.05. The fourth-order valence-corrected chi connectivity index (χ4v) is 1.75. The van der Waals surface area contributed by atoms with Crippen LogP contribution in [0.1, 0.15) is 5.56 Å². The van der Waals surface area contributed by atoms with Gasteiger partial charge in [0.2, 0.25) is 0 Å². The zero-order valence-corrected chi connectivity index (χ0v) is 8.48. The lowest BCUT2D eigenvalue weighted by Crippen LogP contribution is -2.25. The Kier molecular flexibility index (Phi) is 2.87. The van der Waals surface area contributed by atoms with Crippen LogP contribution in [-0.4, -0.2) is 25.8 Å². The predicted octanol–water partition coefficient (Wildman–Crippen LogP) is 1.14. The van der Waals surface area contributed by atoms with Crippen LogP contribution in [0.25, 0.3) is 0 Å². The quantitative estimate of drug-likeness (QED) is 0.807. The van der Waals surface area contributed by atoms with Gasteiger partial charge in [-0.2, -0.15) is 0 Å². The highest BCUT2D eigenvalue weighted by Gasteiger charge is 2.24. The lowest BCUT2D eigenvalue weighted by molar-refractivity contribution is 0.181. The molecule has 2 N–H and O–H groups in total. The number of carbonyl (C=O) groups excluding carboxylic acids is 1. The van der Waals surface area contributed by atoms with Crippen molar-refractivity contribution in [2.24, 2.45) is 5.73 Å². The second-order valence-electron chi connectivity index (χ2n) is 3.43. The molecule has 0 aromatic heterocycles. The Morgan fingerprint density at radius 1 is 1.40 bits per heavy atom. The molecule has 1 amide bonds. The van der Waals surface area contributed by atoms with Crippen molar-refractivity contribution in [2.75, 3.05) is 24.6 Å². The van der Waals surface area contributed by atoms with Crippen molar-refractivity contribution in [1.82, 2.24) is 0 Å². The maximum atomic E-state index is 11.4. The van der Waals surface area contributed by atoms with Gasteiger partial charge in [-0.1, -0.05) is 18.2 Å². The third-order valence-corrected chi connectivity index (χ3v) is 2.46. The van der Waals surface area contributed by atoms with E-state index in [-0.39, 0.29) is 6.09 Å². The molecule has 4 heteroatoms. The van der Waals surface area contributed by atoms with E-state index in [1.54, 1.807) is 4.90 Å². The molecule has 0 aliphatic carbocycles. The molecule has 1 aromatic carbocycles. The van der Waals surface area contributed by atoms with Gasteiger partial charge in [0.15, 0.2) is 0 Å². The number of cyclic esters (lactones) is 1. The Bertz CT molecular complexity index is 365. The molecule has 4 nitrogen and oxygen atoms in total. The minimum atomic E-state index is -0.264. The first-order valence-corrected chi connectivity index (χ1v) is 5.05. The number of hydrogen-bond acceptors (Lipinski definition) is 3. The standard InChI is InChI=1S/C11H14N2O2/c12-6-5-9-3-1-2-4-10(9)13-7-8-15-11(13)14/h1-4H,5-8,12H2. The van der Waals surface area contributed by atoms with Crippen molar-refractivity contribution in [3.05, 3.63) is 29.8 Å². The maximum absolute atomic E-state index is 11.4. The van der Waals surface area contributed by atoms with Crippen LogP contribution in [0.5, 0.6) is 0 Å². The zero-order chi connectivity index (χ0) is 10.7. The summed E-state index contributed by atoms with van der Waals surface area (Å²) in [5, 5.41) is 0. The average Bonchev–Trinajstić information content (AvgIpc) is 2.66. The van der Waals surface area contributed by atoms with Crippen LogP contribution >= 0.6 is 0 Å². The summed E-state index contributed by atoms with van der Waals surface area (Å²) in [7, 11) is 0. The van der Waals surface area contributed by atoms with E-state index >= 15 is 0 Å². The van der Waals surface area contributed by atoms with E-state index < -0.39 is 0 Å². The highest BCUT2D eigenvalue weighted by atomic mass is 16.6. The molecule has 1 aliphatic heterocycles. The lowest BCUT2D eigenvalue weighted by Gasteiger charge is -2.16. The Labute approximate surface area is 88.6 Å². The Morgan fingerprint density at radius 3 is 2.87 bits per heavy atom. The number of hydrogen-bond donors (Lipinski definition) is 1. The minimum Gasteiger partial charge on any atom is -0.447 e. The van der Waals surface area contributed by atoms with Crippen molar-refractivity contribution < 1.29 is 9.53 Å². The maximum Gasteiger partial charge on any atom is 0.414 e. The third kappa shape index (κ3) is 1.94. The predicted molar refractivity (Wildman–Crippen MR) is 57.9 cm³/mol. The number of para-hydroxylation sites is 1. The van der Waals surface area contributed by atoms with Crippen molar-refractivity contribution in [2.45, 2.75) is 6.42 Å². The molecule has 1 aliphatic rings. The van der Waals surface area contributed by atoms with E-state index in [0.717, 1.165) is 17.7 Å². The molecular weight excluding hydrogens is 192 g/mol. The van der Waals surface area contributed by atoms with E-state index in [1.807, 2.05) is 24.3 Å². The van der Waals surface area contributed by atoms with Gasteiger partial charge in [0.05, 0.1) is 12.2 Å². The van der Waals surface area contributed by atoms with Gasteiger partial charge in [-0.05, 0) is 24.6 Å². The molecule has 2 rings (SSSR count). The molecule has 0 atom stereocenters. The van der Waals surface area contributed by atoms with Gasteiger partial charge >= 0.3 is 6.09 Å². The van der Waals surface area contributed by atoms with Crippen LogP contribution in [-0.2, 0) is 11.2 Å². The molecule has 1 saturated heterocycles. The second-order valence-corrected chi connectivity index (χ2v) is 3.43. The smallest absolute Gasteiger partial charge is 0.414 e. The molecule has 0 saturated carbocycles. The van der Waals surface area contributed by atoms with E-state index in [0.29, 0.717) is 19.7 Å². The molecule has 1 heterocycles. The molecule has 1 fully saturated rings. The van der Waals surface area contributed by atoms with Crippen molar-refractivity contribution in [3.8, 4) is 0 Å². The van der Waals surface area contributed by atoms with Crippen LogP contribution in [0.2, 0.25) is 0 Å². The van der Waals surface area contributed by atoms with E-state index in [9.17, 15) is 4.79 Å². The van der Waals surface area contributed by atoms with Gasteiger partial charge in [0.25, 0.3) is 0 Å². The first kappa shape index (κ1) is 9.98. The third-order valence-electron chi connectivity index (χ3n) is 2.46. The number of nitrogens with zero attached hydrogens (tertiary/aromatic N) is 1. The topological polar surface area (TPSA) is 55.6 Å². The normalized spacial score (nSPS) is 15.5. The number of nitrogens with two attached hydrogens (primary N) is 1. The highest BCUT2D eigenvalue weighted by molar-refractivity contribution is 5.90. The first-order chi connectivity index (χ1) is 7.33. The summed E-state index contributed by atoms with van der Waals surface area (Å²) >= 11 is 0. The fraction of sp³-hybridized carbons (Fsp3) is 0.364. The summed E-state index contributed by atoms with van der Waals surface area (Å²) in [5.74, 6) is 0. The second kappa shape index (κ2) is 4.31. The van der Waals surface area contributed by atoms with E-state index in [2.05, 4.69) is 0 Å². The summed E-state index contributed by atoms with van der Waals surface area (Å²) in [6, 6.07) is 7.79. The van der Waals surface area contributed by atoms with Crippen LogP contribution < -0.4 is 10.6 Å². The number of carbonyl (C=O) groups is 1. The molecule has 0 unspecified atom stereocenters. The number of ether oxygens (including phenoxy) is 1. The number of anilines is 1. The molecule has 0 radical (unpaired) electrons. The van der Waals surface area contributed by atoms with Crippen molar-refractivity contribution in [3.63, 3.8) is 0 Å². The summed E-state index contributed by atoms with van der Waals surface area (Å²) in [5.41, 5.74) is 7.55. The Morgan fingerprint density at radius 2 is 2.20 bits per heavy atom. The molecule has 80 valence electrons. The van der Waals surface area contributed by atoms with Crippen LogP contribution in [0.4, 0.5) is 10.5 Å². The Hall–Kier alpha value is -1.55. The number of rotatable bonds is 3. The Balaban J connectivity index is 2.29. The minimum absolute atomic E-state index is 0.264. The fourth-order valence-electron chi connectivity index (χ4n) is 1.75. The lowest BCUT2D eigenvalue weighted by atomic mass is 10.1. The van der Waals surface area contributed by atoms with E-state index in [1.165, 1.54) is 0 Å². The molecule has 1 aromatic rings.